The molecule has 0 aromatic rings. The van der Waals surface area contributed by atoms with Crippen molar-refractivity contribution in [3.05, 3.63) is 0 Å². The van der Waals surface area contributed by atoms with Gasteiger partial charge >= 0.3 is 0 Å². The van der Waals surface area contributed by atoms with Crippen LogP contribution in [0.4, 0.5) is 0 Å². The van der Waals surface area contributed by atoms with Crippen LogP contribution in [0.3, 0.4) is 0 Å². The standard InChI is InChI=1S/C17H35N5O4/c1-5-15(24)19-7-9-22(13-14(23)12-21(3)4)10-8-20-17(26)11-16(25)18-6-2/h14,23H,5-13H2,1-4H3,(H,18,25)(H,19,24)(H,20,26). The van der Waals surface area contributed by atoms with E-state index in [9.17, 15) is 19.5 Å². The van der Waals surface area contributed by atoms with Crippen LogP contribution in [0.25, 0.3) is 0 Å². The average Bonchev–Trinajstić information content (AvgIpc) is 2.53. The van der Waals surface area contributed by atoms with Crippen LogP contribution in [0.2, 0.25) is 0 Å². The van der Waals surface area contributed by atoms with Gasteiger partial charge in [-0.05, 0) is 21.0 Å². The first kappa shape index (κ1) is 24.3. The van der Waals surface area contributed by atoms with E-state index in [0.717, 1.165) is 0 Å². The van der Waals surface area contributed by atoms with Crippen LogP contribution in [0.1, 0.15) is 26.7 Å². The van der Waals surface area contributed by atoms with Gasteiger partial charge in [-0.2, -0.15) is 0 Å². The Morgan fingerprint density at radius 2 is 1.42 bits per heavy atom. The first-order chi connectivity index (χ1) is 12.3. The van der Waals surface area contributed by atoms with Crippen molar-refractivity contribution < 1.29 is 19.5 Å². The zero-order chi connectivity index (χ0) is 19.9. The van der Waals surface area contributed by atoms with E-state index in [1.165, 1.54) is 0 Å². The van der Waals surface area contributed by atoms with Crippen LogP contribution in [-0.4, -0.2) is 98.6 Å². The van der Waals surface area contributed by atoms with Gasteiger partial charge < -0.3 is 26.0 Å². The highest BCUT2D eigenvalue weighted by atomic mass is 16.3. The molecule has 9 nitrogen and oxygen atoms in total. The number of rotatable bonds is 14. The molecule has 0 aliphatic carbocycles. The molecule has 0 aliphatic heterocycles. The van der Waals surface area contributed by atoms with E-state index in [1.54, 1.807) is 13.8 Å². The maximum absolute atomic E-state index is 11.7. The summed E-state index contributed by atoms with van der Waals surface area (Å²) in [5.74, 6) is -0.649. The van der Waals surface area contributed by atoms with Gasteiger partial charge in [0.05, 0.1) is 6.10 Å². The number of hydrogen-bond acceptors (Lipinski definition) is 6. The van der Waals surface area contributed by atoms with Crippen LogP contribution in [0.15, 0.2) is 0 Å². The third-order valence-electron chi connectivity index (χ3n) is 3.56. The smallest absolute Gasteiger partial charge is 0.229 e. The molecule has 0 spiro atoms. The number of aliphatic hydroxyl groups excluding tert-OH is 1. The molecule has 0 fully saturated rings. The summed E-state index contributed by atoms with van der Waals surface area (Å²) in [6, 6.07) is 0. The molecule has 1 unspecified atom stereocenters. The Balaban J connectivity index is 4.33. The molecule has 0 rings (SSSR count). The minimum absolute atomic E-state index is 0.0194. The maximum Gasteiger partial charge on any atom is 0.229 e. The van der Waals surface area contributed by atoms with E-state index >= 15 is 0 Å². The molecule has 9 heteroatoms. The number of carbonyl (C=O) groups is 3. The number of hydrogen-bond donors (Lipinski definition) is 4. The zero-order valence-electron chi connectivity index (χ0n) is 16.5. The van der Waals surface area contributed by atoms with E-state index in [0.29, 0.717) is 52.2 Å². The normalized spacial score (nSPS) is 12.1. The number of aliphatic hydroxyl groups is 1. The molecule has 1 atom stereocenters. The van der Waals surface area contributed by atoms with Crippen molar-refractivity contribution in [3.63, 3.8) is 0 Å². The SMILES string of the molecule is CCNC(=O)CC(=O)NCCN(CCNC(=O)CC)CC(O)CN(C)C. The Labute approximate surface area is 156 Å². The quantitative estimate of drug-likeness (QED) is 0.272. The Morgan fingerprint density at radius 1 is 0.885 bits per heavy atom. The van der Waals surface area contributed by atoms with Gasteiger partial charge in [-0.3, -0.25) is 19.3 Å². The monoisotopic (exact) mass is 373 g/mol. The number of carbonyl (C=O) groups excluding carboxylic acids is 3. The van der Waals surface area contributed by atoms with Gasteiger partial charge in [-0.15, -0.1) is 0 Å². The molecule has 0 heterocycles. The molecule has 0 aliphatic rings. The lowest BCUT2D eigenvalue weighted by atomic mass is 10.3. The van der Waals surface area contributed by atoms with Gasteiger partial charge in [-0.25, -0.2) is 0 Å². The first-order valence-electron chi connectivity index (χ1n) is 9.13. The summed E-state index contributed by atoms with van der Waals surface area (Å²) < 4.78 is 0. The van der Waals surface area contributed by atoms with E-state index in [4.69, 9.17) is 0 Å². The lowest BCUT2D eigenvalue weighted by Gasteiger charge is -2.26. The van der Waals surface area contributed by atoms with Crippen molar-refractivity contribution >= 4 is 17.7 Å². The van der Waals surface area contributed by atoms with Crippen molar-refractivity contribution in [1.29, 1.82) is 0 Å². The van der Waals surface area contributed by atoms with Crippen molar-refractivity contribution in [2.75, 3.05) is 59.9 Å². The largest absolute Gasteiger partial charge is 0.390 e. The van der Waals surface area contributed by atoms with Gasteiger partial charge in [0.2, 0.25) is 17.7 Å². The highest BCUT2D eigenvalue weighted by Crippen LogP contribution is 1.95. The van der Waals surface area contributed by atoms with Crippen LogP contribution in [0, 0.1) is 0 Å². The van der Waals surface area contributed by atoms with Crippen molar-refractivity contribution in [2.45, 2.75) is 32.8 Å². The van der Waals surface area contributed by atoms with Crippen LogP contribution < -0.4 is 16.0 Å². The highest BCUT2D eigenvalue weighted by molar-refractivity contribution is 5.96. The fourth-order valence-electron chi connectivity index (χ4n) is 2.37. The zero-order valence-corrected chi connectivity index (χ0v) is 16.5. The number of nitrogens with one attached hydrogen (secondary N) is 3. The van der Waals surface area contributed by atoms with Crippen molar-refractivity contribution in [3.8, 4) is 0 Å². The van der Waals surface area contributed by atoms with Crippen LogP contribution >= 0.6 is 0 Å². The van der Waals surface area contributed by atoms with Crippen molar-refractivity contribution in [2.24, 2.45) is 0 Å². The second-order valence-corrected chi connectivity index (χ2v) is 6.40. The summed E-state index contributed by atoms with van der Waals surface area (Å²) in [5.41, 5.74) is 0. The predicted octanol–water partition coefficient (Wildman–Crippen LogP) is -1.62. The summed E-state index contributed by atoms with van der Waals surface area (Å²) in [5, 5.41) is 18.2. The third-order valence-corrected chi connectivity index (χ3v) is 3.56. The summed E-state index contributed by atoms with van der Waals surface area (Å²) >= 11 is 0. The molecule has 0 bridgehead atoms. The Bertz CT molecular complexity index is 431. The number of nitrogens with zero attached hydrogens (tertiary/aromatic N) is 2. The van der Waals surface area contributed by atoms with E-state index in [2.05, 4.69) is 16.0 Å². The number of amides is 3. The second-order valence-electron chi connectivity index (χ2n) is 6.40. The van der Waals surface area contributed by atoms with E-state index in [1.807, 2.05) is 23.9 Å². The second kappa shape index (κ2) is 14.5. The van der Waals surface area contributed by atoms with Gasteiger partial charge in [0.1, 0.15) is 6.42 Å². The average molecular weight is 373 g/mol. The predicted molar refractivity (Wildman–Crippen MR) is 101 cm³/mol. The summed E-state index contributed by atoms with van der Waals surface area (Å²) in [6.45, 7) is 6.99. The minimum atomic E-state index is -0.530. The molecule has 4 N–H and O–H groups in total. The lowest BCUT2D eigenvalue weighted by Crippen LogP contribution is -2.45. The van der Waals surface area contributed by atoms with Crippen molar-refractivity contribution in [1.82, 2.24) is 25.8 Å². The molecular formula is C17H35N5O4. The summed E-state index contributed by atoms with van der Waals surface area (Å²) in [7, 11) is 3.77. The molecule has 0 saturated heterocycles. The Morgan fingerprint density at radius 3 is 1.92 bits per heavy atom. The van der Waals surface area contributed by atoms with Gasteiger partial charge in [0, 0.05) is 52.2 Å². The molecule has 0 aromatic heterocycles. The van der Waals surface area contributed by atoms with Crippen LogP contribution in [-0.2, 0) is 14.4 Å². The van der Waals surface area contributed by atoms with Gasteiger partial charge in [0.25, 0.3) is 0 Å². The highest BCUT2D eigenvalue weighted by Gasteiger charge is 2.14. The van der Waals surface area contributed by atoms with E-state index < -0.39 is 6.10 Å². The molecule has 0 radical (unpaired) electrons. The van der Waals surface area contributed by atoms with Gasteiger partial charge in [0.15, 0.2) is 0 Å². The summed E-state index contributed by atoms with van der Waals surface area (Å²) in [4.78, 5) is 38.3. The lowest BCUT2D eigenvalue weighted by molar-refractivity contribution is -0.129. The van der Waals surface area contributed by atoms with Crippen LogP contribution in [0.5, 0.6) is 0 Å². The van der Waals surface area contributed by atoms with E-state index in [-0.39, 0.29) is 24.1 Å². The first-order valence-corrected chi connectivity index (χ1v) is 9.13. The molecule has 3 amide bonds. The topological polar surface area (TPSA) is 114 Å². The maximum atomic E-state index is 11.7. The minimum Gasteiger partial charge on any atom is -0.390 e. The Kier molecular flexibility index (Phi) is 13.5. The fourth-order valence-corrected chi connectivity index (χ4v) is 2.37. The molecule has 0 aromatic carbocycles. The molecular weight excluding hydrogens is 338 g/mol. The molecule has 0 saturated carbocycles. The fraction of sp³-hybridized carbons (Fsp3) is 0.824. The number of likely N-dealkylation sites (N-methyl/N-ethyl adjacent to an activating group) is 1. The third kappa shape index (κ3) is 13.6. The van der Waals surface area contributed by atoms with Gasteiger partial charge in [-0.1, -0.05) is 6.92 Å². The Hall–Kier alpha value is -1.71. The molecule has 152 valence electrons. The summed E-state index contributed by atoms with van der Waals surface area (Å²) in [6.07, 6.45) is -0.291. The molecule has 26 heavy (non-hydrogen) atoms.